The van der Waals surface area contributed by atoms with Crippen LogP contribution in [0.4, 0.5) is 0 Å². The zero-order valence-electron chi connectivity index (χ0n) is 13.5. The number of benzene rings is 1. The van der Waals surface area contributed by atoms with Crippen molar-refractivity contribution in [3.05, 3.63) is 68.3 Å². The number of aromatic nitrogens is 2. The Morgan fingerprint density at radius 2 is 2.12 bits per heavy atom. The summed E-state index contributed by atoms with van der Waals surface area (Å²) >= 11 is 9.32. The molecule has 0 unspecified atom stereocenters. The molecule has 0 radical (unpaired) electrons. The fourth-order valence-electron chi connectivity index (χ4n) is 2.47. The molecular weight excluding hydrogens is 360 g/mol. The minimum absolute atomic E-state index is 0.00316. The van der Waals surface area contributed by atoms with E-state index in [2.05, 4.69) is 6.58 Å². The van der Waals surface area contributed by atoms with Gasteiger partial charge >= 0.3 is 0 Å². The molecule has 0 saturated carbocycles. The minimum Gasteiger partial charge on any atom is -0.283 e. The lowest BCUT2D eigenvalue weighted by Gasteiger charge is -2.10. The topological polar surface area (TPSA) is 34.9 Å². The van der Waals surface area contributed by atoms with Crippen LogP contribution in [0.2, 0.25) is 5.02 Å². The first-order valence-corrected chi connectivity index (χ1v) is 9.68. The molecule has 0 saturated heterocycles. The maximum atomic E-state index is 12.9. The van der Waals surface area contributed by atoms with E-state index in [4.69, 9.17) is 16.6 Å². The molecule has 2 heterocycles. The largest absolute Gasteiger partial charge is 0.283 e. The molecule has 0 aliphatic heterocycles. The van der Waals surface area contributed by atoms with E-state index in [1.165, 1.54) is 11.8 Å². The molecule has 124 valence electrons. The molecule has 3 nitrogen and oxygen atoms in total. The number of halogens is 1. The van der Waals surface area contributed by atoms with E-state index in [9.17, 15) is 4.79 Å². The molecule has 0 bridgehead atoms. The molecule has 3 aromatic rings. The average molecular weight is 377 g/mol. The van der Waals surface area contributed by atoms with Crippen molar-refractivity contribution in [2.45, 2.75) is 31.3 Å². The number of thiophene rings is 1. The standard InChI is InChI=1S/C18H17ClN2OS2/c1-4-9-21-17(22)15-11(2)12(3)24-16(15)20-18(21)23-10-13-7-5-6-8-14(13)19/h4-8H,1,9-10H2,2-3H3. The number of thioether (sulfide) groups is 1. The van der Waals surface area contributed by atoms with Crippen LogP contribution in [0, 0.1) is 13.8 Å². The van der Waals surface area contributed by atoms with Gasteiger partial charge in [-0.3, -0.25) is 9.36 Å². The molecule has 0 aliphatic rings. The monoisotopic (exact) mass is 376 g/mol. The van der Waals surface area contributed by atoms with E-state index in [1.54, 1.807) is 22.0 Å². The van der Waals surface area contributed by atoms with E-state index < -0.39 is 0 Å². The van der Waals surface area contributed by atoms with Crippen LogP contribution in [-0.2, 0) is 12.3 Å². The summed E-state index contributed by atoms with van der Waals surface area (Å²) in [4.78, 5) is 19.6. The zero-order chi connectivity index (χ0) is 17.3. The number of aryl methyl sites for hydroxylation is 2. The second-order valence-electron chi connectivity index (χ2n) is 5.44. The summed E-state index contributed by atoms with van der Waals surface area (Å²) in [7, 11) is 0. The molecule has 0 atom stereocenters. The molecule has 2 aromatic heterocycles. The van der Waals surface area contributed by atoms with Gasteiger partial charge in [0.2, 0.25) is 0 Å². The van der Waals surface area contributed by atoms with Gasteiger partial charge in [0.25, 0.3) is 5.56 Å². The minimum atomic E-state index is 0.00316. The molecule has 0 spiro atoms. The lowest BCUT2D eigenvalue weighted by molar-refractivity contribution is 0.672. The predicted octanol–water partition coefficient (Wildman–Crippen LogP) is 5.21. The smallest absolute Gasteiger partial charge is 0.263 e. The van der Waals surface area contributed by atoms with Crippen LogP contribution in [0.25, 0.3) is 10.2 Å². The third-order valence-electron chi connectivity index (χ3n) is 3.88. The summed E-state index contributed by atoms with van der Waals surface area (Å²) in [6.45, 7) is 8.21. The normalized spacial score (nSPS) is 11.1. The third-order valence-corrected chi connectivity index (χ3v) is 6.38. The van der Waals surface area contributed by atoms with Gasteiger partial charge in [-0.2, -0.15) is 0 Å². The molecule has 1 aromatic carbocycles. The summed E-state index contributed by atoms with van der Waals surface area (Å²) in [5.41, 5.74) is 2.05. The number of allylic oxidation sites excluding steroid dienone is 1. The second-order valence-corrected chi connectivity index (χ2v) is 8.00. The summed E-state index contributed by atoms with van der Waals surface area (Å²) in [5, 5.41) is 2.15. The highest BCUT2D eigenvalue weighted by atomic mass is 35.5. The predicted molar refractivity (Wildman–Crippen MR) is 105 cm³/mol. The van der Waals surface area contributed by atoms with Gasteiger partial charge < -0.3 is 0 Å². The number of hydrogen-bond donors (Lipinski definition) is 0. The molecular formula is C18H17ClN2OS2. The average Bonchev–Trinajstić information content (AvgIpc) is 2.84. The Labute approximate surface area is 154 Å². The van der Waals surface area contributed by atoms with Crippen LogP contribution in [-0.4, -0.2) is 9.55 Å². The fourth-order valence-corrected chi connectivity index (χ4v) is 4.83. The van der Waals surface area contributed by atoms with E-state index >= 15 is 0 Å². The van der Waals surface area contributed by atoms with Crippen molar-refractivity contribution >= 4 is 44.9 Å². The molecule has 0 amide bonds. The van der Waals surface area contributed by atoms with Crippen LogP contribution in [0.3, 0.4) is 0 Å². The molecule has 0 N–H and O–H groups in total. The van der Waals surface area contributed by atoms with E-state index in [1.807, 2.05) is 38.1 Å². The molecule has 3 rings (SSSR count). The van der Waals surface area contributed by atoms with Gasteiger partial charge in [-0.15, -0.1) is 17.9 Å². The highest BCUT2D eigenvalue weighted by molar-refractivity contribution is 7.98. The molecule has 0 aliphatic carbocycles. The summed E-state index contributed by atoms with van der Waals surface area (Å²) in [6, 6.07) is 7.73. The van der Waals surface area contributed by atoms with Crippen molar-refractivity contribution in [3.63, 3.8) is 0 Å². The van der Waals surface area contributed by atoms with Crippen LogP contribution in [0.15, 0.2) is 46.9 Å². The first-order chi connectivity index (χ1) is 11.5. The number of rotatable bonds is 5. The van der Waals surface area contributed by atoms with Crippen molar-refractivity contribution in [3.8, 4) is 0 Å². The van der Waals surface area contributed by atoms with Gasteiger partial charge in [-0.1, -0.05) is 47.6 Å². The van der Waals surface area contributed by atoms with Gasteiger partial charge in [0.05, 0.1) is 5.39 Å². The molecule has 24 heavy (non-hydrogen) atoms. The lowest BCUT2D eigenvalue weighted by atomic mass is 10.2. The van der Waals surface area contributed by atoms with Crippen LogP contribution in [0.1, 0.15) is 16.0 Å². The highest BCUT2D eigenvalue weighted by Gasteiger charge is 2.16. The third kappa shape index (κ3) is 3.16. The second kappa shape index (κ2) is 7.13. The van der Waals surface area contributed by atoms with E-state index in [-0.39, 0.29) is 5.56 Å². The Morgan fingerprint density at radius 1 is 1.38 bits per heavy atom. The van der Waals surface area contributed by atoms with Crippen molar-refractivity contribution in [2.75, 3.05) is 0 Å². The maximum absolute atomic E-state index is 12.9. The number of nitrogens with zero attached hydrogens (tertiary/aromatic N) is 2. The van der Waals surface area contributed by atoms with Gasteiger partial charge in [0.15, 0.2) is 5.16 Å². The van der Waals surface area contributed by atoms with Crippen molar-refractivity contribution in [1.82, 2.24) is 9.55 Å². The Hall–Kier alpha value is -1.56. The first kappa shape index (κ1) is 17.3. The van der Waals surface area contributed by atoms with Crippen LogP contribution < -0.4 is 5.56 Å². The van der Waals surface area contributed by atoms with Crippen molar-refractivity contribution in [1.29, 1.82) is 0 Å². The SMILES string of the molecule is C=CCn1c(SCc2ccccc2Cl)nc2sc(C)c(C)c2c1=O. The summed E-state index contributed by atoms with van der Waals surface area (Å²) < 4.78 is 1.69. The van der Waals surface area contributed by atoms with Crippen LogP contribution >= 0.6 is 34.7 Å². The van der Waals surface area contributed by atoms with Gasteiger partial charge in [0.1, 0.15) is 4.83 Å². The van der Waals surface area contributed by atoms with Gasteiger partial charge in [0, 0.05) is 22.2 Å². The highest BCUT2D eigenvalue weighted by Crippen LogP contribution is 2.30. The Morgan fingerprint density at radius 3 is 2.83 bits per heavy atom. The molecule has 0 fully saturated rings. The van der Waals surface area contributed by atoms with E-state index in [0.717, 1.165) is 31.2 Å². The molecule has 6 heteroatoms. The maximum Gasteiger partial charge on any atom is 0.263 e. The van der Waals surface area contributed by atoms with Crippen LogP contribution in [0.5, 0.6) is 0 Å². The fraction of sp³-hybridized carbons (Fsp3) is 0.222. The first-order valence-electron chi connectivity index (χ1n) is 7.50. The van der Waals surface area contributed by atoms with Gasteiger partial charge in [-0.25, -0.2) is 4.98 Å². The van der Waals surface area contributed by atoms with Crippen molar-refractivity contribution < 1.29 is 0 Å². The Balaban J connectivity index is 2.06. The number of hydrogen-bond acceptors (Lipinski definition) is 4. The zero-order valence-corrected chi connectivity index (χ0v) is 15.9. The Kier molecular flexibility index (Phi) is 5.13. The van der Waals surface area contributed by atoms with Gasteiger partial charge in [-0.05, 0) is 31.0 Å². The Bertz CT molecular complexity index is 975. The summed E-state index contributed by atoms with van der Waals surface area (Å²) in [5.74, 6) is 0.665. The lowest BCUT2D eigenvalue weighted by Crippen LogP contribution is -2.22. The van der Waals surface area contributed by atoms with Crippen molar-refractivity contribution in [2.24, 2.45) is 0 Å². The van der Waals surface area contributed by atoms with E-state index in [0.29, 0.717) is 17.5 Å². The summed E-state index contributed by atoms with van der Waals surface area (Å²) in [6.07, 6.45) is 1.73. The quantitative estimate of drug-likeness (QED) is 0.348. The number of fused-ring (bicyclic) bond motifs is 1.